The third-order valence-electron chi connectivity index (χ3n) is 2.91. The Balaban J connectivity index is 2.26. The first-order valence-corrected chi connectivity index (χ1v) is 7.20. The third kappa shape index (κ3) is 1.55. The average Bonchev–Trinajstić information content (AvgIpc) is 3.07. The van der Waals surface area contributed by atoms with Crippen molar-refractivity contribution in [3.05, 3.63) is 44.8 Å². The first-order valence-electron chi connectivity index (χ1n) is 5.32. The summed E-state index contributed by atoms with van der Waals surface area (Å²) in [4.78, 5) is 25.5. The van der Waals surface area contributed by atoms with Crippen molar-refractivity contribution in [2.24, 2.45) is 0 Å². The zero-order valence-corrected chi connectivity index (χ0v) is 11.2. The molecule has 0 spiro atoms. The highest BCUT2D eigenvalue weighted by molar-refractivity contribution is 7.08. The van der Waals surface area contributed by atoms with Crippen LogP contribution in [0.2, 0.25) is 0 Å². The number of carbonyl (C=O) groups excluding carboxylic acids is 2. The van der Waals surface area contributed by atoms with Gasteiger partial charge in [0.25, 0.3) is 11.8 Å². The normalized spacial score (nSPS) is 15.9. The molecular weight excluding hydrogens is 266 g/mol. The number of rotatable bonds is 2. The summed E-state index contributed by atoms with van der Waals surface area (Å²) in [6.45, 7) is 0. The van der Waals surface area contributed by atoms with Crippen LogP contribution in [0.25, 0.3) is 11.1 Å². The van der Waals surface area contributed by atoms with Crippen LogP contribution in [0.1, 0.15) is 11.1 Å². The molecule has 3 rings (SSSR count). The summed E-state index contributed by atoms with van der Waals surface area (Å²) >= 11 is 3.03. The molecule has 0 aliphatic carbocycles. The Morgan fingerprint density at radius 3 is 1.67 bits per heavy atom. The number of carbonyl (C=O) groups is 2. The van der Waals surface area contributed by atoms with Crippen molar-refractivity contribution in [2.75, 3.05) is 7.05 Å². The smallest absolute Gasteiger partial charge is 0.261 e. The number of imide groups is 1. The van der Waals surface area contributed by atoms with Crippen LogP contribution in [0.3, 0.4) is 0 Å². The number of amides is 2. The molecule has 1 aliphatic rings. The van der Waals surface area contributed by atoms with Crippen LogP contribution < -0.4 is 0 Å². The molecular formula is C13H9NO2S2. The molecule has 0 saturated carbocycles. The molecule has 0 aromatic carbocycles. The summed E-state index contributed by atoms with van der Waals surface area (Å²) in [5.74, 6) is -0.445. The molecule has 1 aliphatic heterocycles. The van der Waals surface area contributed by atoms with E-state index < -0.39 is 0 Å². The molecule has 0 fully saturated rings. The monoisotopic (exact) mass is 275 g/mol. The van der Waals surface area contributed by atoms with E-state index in [2.05, 4.69) is 0 Å². The van der Waals surface area contributed by atoms with Crippen LogP contribution >= 0.6 is 22.7 Å². The minimum Gasteiger partial charge on any atom is -0.277 e. The van der Waals surface area contributed by atoms with E-state index >= 15 is 0 Å². The highest BCUT2D eigenvalue weighted by Crippen LogP contribution is 2.36. The maximum absolute atomic E-state index is 12.2. The fourth-order valence-corrected chi connectivity index (χ4v) is 3.28. The summed E-state index contributed by atoms with van der Waals surface area (Å²) in [5.41, 5.74) is 2.68. The summed E-state index contributed by atoms with van der Waals surface area (Å²) in [6.07, 6.45) is 0. The number of hydrogen-bond donors (Lipinski definition) is 0. The van der Waals surface area contributed by atoms with Gasteiger partial charge in [-0.25, -0.2) is 0 Å². The first-order chi connectivity index (χ1) is 8.70. The van der Waals surface area contributed by atoms with Gasteiger partial charge < -0.3 is 0 Å². The Morgan fingerprint density at radius 2 is 1.33 bits per heavy atom. The van der Waals surface area contributed by atoms with Crippen LogP contribution in [0.5, 0.6) is 0 Å². The van der Waals surface area contributed by atoms with E-state index in [4.69, 9.17) is 0 Å². The Labute approximate surface area is 112 Å². The summed E-state index contributed by atoms with van der Waals surface area (Å²) in [7, 11) is 1.52. The lowest BCUT2D eigenvalue weighted by Crippen LogP contribution is -2.26. The lowest BCUT2D eigenvalue weighted by molar-refractivity contribution is -0.134. The summed E-state index contributed by atoms with van der Waals surface area (Å²) in [5, 5.41) is 7.60. The van der Waals surface area contributed by atoms with Gasteiger partial charge in [0, 0.05) is 7.05 Å². The first kappa shape index (κ1) is 11.4. The number of thiophene rings is 2. The van der Waals surface area contributed by atoms with Crippen molar-refractivity contribution in [3.63, 3.8) is 0 Å². The van der Waals surface area contributed by atoms with E-state index in [0.717, 1.165) is 11.1 Å². The number of hydrogen-bond acceptors (Lipinski definition) is 4. The van der Waals surface area contributed by atoms with Gasteiger partial charge in [-0.15, -0.1) is 0 Å². The molecule has 2 amide bonds. The Bertz CT molecular complexity index is 582. The molecule has 0 radical (unpaired) electrons. The highest BCUT2D eigenvalue weighted by atomic mass is 32.1. The third-order valence-corrected chi connectivity index (χ3v) is 4.27. The predicted molar refractivity (Wildman–Crippen MR) is 73.2 cm³/mol. The molecule has 0 atom stereocenters. The number of likely N-dealkylation sites (N-methyl/N-ethyl adjacent to an activating group) is 1. The van der Waals surface area contributed by atoms with E-state index in [-0.39, 0.29) is 11.8 Å². The quantitative estimate of drug-likeness (QED) is 0.790. The van der Waals surface area contributed by atoms with Gasteiger partial charge in [0.05, 0.1) is 11.1 Å². The standard InChI is InChI=1S/C13H9NO2S2/c1-14-12(15)10(8-2-4-17-6-8)11(13(14)16)9-3-5-18-7-9/h2-7H,1H3. The average molecular weight is 275 g/mol. The Hall–Kier alpha value is -1.72. The molecule has 5 heteroatoms. The van der Waals surface area contributed by atoms with E-state index in [1.54, 1.807) is 0 Å². The molecule has 0 saturated heterocycles. The second-order valence-corrected chi connectivity index (χ2v) is 5.50. The summed E-state index contributed by atoms with van der Waals surface area (Å²) < 4.78 is 0. The fraction of sp³-hybridized carbons (Fsp3) is 0.0769. The van der Waals surface area contributed by atoms with E-state index in [1.807, 2.05) is 33.7 Å². The van der Waals surface area contributed by atoms with E-state index in [9.17, 15) is 9.59 Å². The fourth-order valence-electron chi connectivity index (χ4n) is 1.99. The van der Waals surface area contributed by atoms with Crippen molar-refractivity contribution in [1.29, 1.82) is 0 Å². The highest BCUT2D eigenvalue weighted by Gasteiger charge is 2.37. The van der Waals surface area contributed by atoms with Crippen LogP contribution in [0.15, 0.2) is 33.7 Å². The topological polar surface area (TPSA) is 37.4 Å². The van der Waals surface area contributed by atoms with Gasteiger partial charge in [0.15, 0.2) is 0 Å². The van der Waals surface area contributed by atoms with Gasteiger partial charge in [0.1, 0.15) is 0 Å². The largest absolute Gasteiger partial charge is 0.277 e. The zero-order chi connectivity index (χ0) is 12.7. The van der Waals surface area contributed by atoms with Crippen LogP contribution in [-0.4, -0.2) is 23.8 Å². The van der Waals surface area contributed by atoms with Crippen molar-refractivity contribution >= 4 is 45.6 Å². The maximum Gasteiger partial charge on any atom is 0.261 e. The van der Waals surface area contributed by atoms with Crippen molar-refractivity contribution in [2.45, 2.75) is 0 Å². The molecule has 90 valence electrons. The van der Waals surface area contributed by atoms with Gasteiger partial charge in [-0.3, -0.25) is 14.5 Å². The molecule has 3 heterocycles. The molecule has 0 N–H and O–H groups in total. The van der Waals surface area contributed by atoms with Gasteiger partial charge in [0.2, 0.25) is 0 Å². The Kier molecular flexibility index (Phi) is 2.65. The minimum absolute atomic E-state index is 0.223. The molecule has 0 bridgehead atoms. The summed E-state index contributed by atoms with van der Waals surface area (Å²) in [6, 6.07) is 3.74. The van der Waals surface area contributed by atoms with Crippen molar-refractivity contribution in [3.8, 4) is 0 Å². The SMILES string of the molecule is CN1C(=O)C(c2ccsc2)=C(c2ccsc2)C1=O. The minimum atomic E-state index is -0.223. The van der Waals surface area contributed by atoms with E-state index in [0.29, 0.717) is 11.1 Å². The molecule has 2 aromatic rings. The van der Waals surface area contributed by atoms with Gasteiger partial charge in [-0.05, 0) is 44.8 Å². The Morgan fingerprint density at radius 1 is 0.889 bits per heavy atom. The lowest BCUT2D eigenvalue weighted by Gasteiger charge is -2.05. The van der Waals surface area contributed by atoms with E-state index in [1.165, 1.54) is 34.6 Å². The maximum atomic E-state index is 12.2. The molecule has 0 unspecified atom stereocenters. The van der Waals surface area contributed by atoms with Crippen molar-refractivity contribution < 1.29 is 9.59 Å². The van der Waals surface area contributed by atoms with Crippen molar-refractivity contribution in [1.82, 2.24) is 4.90 Å². The van der Waals surface area contributed by atoms with Gasteiger partial charge >= 0.3 is 0 Å². The van der Waals surface area contributed by atoms with Crippen LogP contribution in [-0.2, 0) is 9.59 Å². The van der Waals surface area contributed by atoms with Crippen LogP contribution in [0.4, 0.5) is 0 Å². The molecule has 18 heavy (non-hydrogen) atoms. The predicted octanol–water partition coefficient (Wildman–Crippen LogP) is 2.72. The zero-order valence-electron chi connectivity index (χ0n) is 9.54. The van der Waals surface area contributed by atoms with Gasteiger partial charge in [-0.2, -0.15) is 22.7 Å². The second-order valence-electron chi connectivity index (χ2n) is 3.94. The number of nitrogens with zero attached hydrogens (tertiary/aromatic N) is 1. The van der Waals surface area contributed by atoms with Gasteiger partial charge in [-0.1, -0.05) is 0 Å². The molecule has 2 aromatic heterocycles. The molecule has 3 nitrogen and oxygen atoms in total. The van der Waals surface area contributed by atoms with Crippen LogP contribution in [0, 0.1) is 0 Å². The lowest BCUT2D eigenvalue weighted by atomic mass is 10.0. The second kappa shape index (κ2) is 4.19.